The molecule has 0 saturated heterocycles. The monoisotopic (exact) mass is 317 g/mol. The first-order chi connectivity index (χ1) is 9.82. The minimum absolute atomic E-state index is 0.394. The van der Waals surface area contributed by atoms with Crippen LogP contribution in [0.5, 0.6) is 0 Å². The van der Waals surface area contributed by atoms with Gasteiger partial charge in [-0.1, -0.05) is 29.8 Å². The van der Waals surface area contributed by atoms with Gasteiger partial charge in [-0.25, -0.2) is 4.39 Å². The fourth-order valence-electron chi connectivity index (χ4n) is 2.15. The maximum absolute atomic E-state index is 13.7. The van der Waals surface area contributed by atoms with Crippen molar-refractivity contribution in [3.8, 4) is 0 Å². The molecule has 0 aliphatic carbocycles. The predicted molar refractivity (Wildman–Crippen MR) is 73.8 cm³/mol. The smallest absolute Gasteiger partial charge is 0.309 e. The molecule has 0 aliphatic heterocycles. The Morgan fingerprint density at radius 3 is 2.24 bits per heavy atom. The molecule has 0 fully saturated rings. The zero-order chi connectivity index (χ0) is 15.6. The highest BCUT2D eigenvalue weighted by atomic mass is 35.5. The van der Waals surface area contributed by atoms with Gasteiger partial charge >= 0.3 is 6.18 Å². The second kappa shape index (κ2) is 6.03. The van der Waals surface area contributed by atoms with Crippen molar-refractivity contribution in [2.75, 3.05) is 7.05 Å². The van der Waals surface area contributed by atoms with E-state index < -0.39 is 23.6 Å². The molecule has 1 atom stereocenters. The molecule has 2 aromatic rings. The second-order valence-electron chi connectivity index (χ2n) is 4.51. The Bertz CT molecular complexity index is 640. The third-order valence-corrected chi connectivity index (χ3v) is 3.34. The first-order valence-electron chi connectivity index (χ1n) is 6.12. The van der Waals surface area contributed by atoms with Crippen molar-refractivity contribution in [1.29, 1.82) is 0 Å². The molecule has 21 heavy (non-hydrogen) atoms. The van der Waals surface area contributed by atoms with Crippen molar-refractivity contribution >= 4 is 11.6 Å². The van der Waals surface area contributed by atoms with E-state index in [1.165, 1.54) is 6.07 Å². The molecule has 2 aromatic carbocycles. The Morgan fingerprint density at radius 2 is 1.71 bits per heavy atom. The normalized spacial score (nSPS) is 13.2. The van der Waals surface area contributed by atoms with Crippen LogP contribution in [0, 0.1) is 5.82 Å². The average Bonchev–Trinajstić information content (AvgIpc) is 2.38. The van der Waals surface area contributed by atoms with E-state index in [0.29, 0.717) is 10.6 Å². The Balaban J connectivity index is 2.42. The Hall–Kier alpha value is -1.59. The highest BCUT2D eigenvalue weighted by Crippen LogP contribution is 2.33. The van der Waals surface area contributed by atoms with Gasteiger partial charge in [-0.15, -0.1) is 0 Å². The van der Waals surface area contributed by atoms with E-state index in [9.17, 15) is 17.6 Å². The standard InChI is InChI=1S/C15H12ClF4N/c1-21-14(9-3-2-4-11(16)7-9)10-5-6-12(13(17)8-10)15(18,19)20/h2-8,14,21H,1H3. The fraction of sp³-hybridized carbons (Fsp3) is 0.200. The molecule has 0 aromatic heterocycles. The molecule has 0 heterocycles. The SMILES string of the molecule is CNC(c1cccc(Cl)c1)c1ccc(C(F)(F)F)c(F)c1. The summed E-state index contributed by atoms with van der Waals surface area (Å²) in [7, 11) is 1.64. The molecule has 1 nitrogen and oxygen atoms in total. The van der Waals surface area contributed by atoms with Gasteiger partial charge in [0.15, 0.2) is 0 Å². The molecule has 0 saturated carbocycles. The summed E-state index contributed by atoms with van der Waals surface area (Å²) in [6, 6.07) is 9.31. The van der Waals surface area contributed by atoms with Crippen LogP contribution in [0.1, 0.15) is 22.7 Å². The van der Waals surface area contributed by atoms with E-state index in [2.05, 4.69) is 5.32 Å². The van der Waals surface area contributed by atoms with Crippen molar-refractivity contribution < 1.29 is 17.6 Å². The zero-order valence-electron chi connectivity index (χ0n) is 11.0. The highest BCUT2D eigenvalue weighted by molar-refractivity contribution is 6.30. The molecule has 0 spiro atoms. The summed E-state index contributed by atoms with van der Waals surface area (Å²) in [5.41, 5.74) is -0.137. The Kier molecular flexibility index (Phi) is 4.54. The summed E-state index contributed by atoms with van der Waals surface area (Å²) >= 11 is 5.90. The van der Waals surface area contributed by atoms with Gasteiger partial charge in [0.25, 0.3) is 0 Å². The molecule has 0 amide bonds. The van der Waals surface area contributed by atoms with Crippen LogP contribution in [-0.2, 0) is 6.18 Å². The van der Waals surface area contributed by atoms with Crippen molar-refractivity contribution in [2.45, 2.75) is 12.2 Å². The number of nitrogens with one attached hydrogen (secondary N) is 1. The Morgan fingerprint density at radius 1 is 1.05 bits per heavy atom. The summed E-state index contributed by atoms with van der Waals surface area (Å²) in [4.78, 5) is 0. The van der Waals surface area contributed by atoms with Crippen LogP contribution >= 0.6 is 11.6 Å². The van der Waals surface area contributed by atoms with Gasteiger partial charge < -0.3 is 5.32 Å². The summed E-state index contributed by atoms with van der Waals surface area (Å²) in [5.74, 6) is -1.29. The van der Waals surface area contributed by atoms with Crippen molar-refractivity contribution in [3.63, 3.8) is 0 Å². The van der Waals surface area contributed by atoms with Gasteiger partial charge in [-0.05, 0) is 42.4 Å². The molecule has 1 N–H and O–H groups in total. The lowest BCUT2D eigenvalue weighted by Gasteiger charge is -2.18. The van der Waals surface area contributed by atoms with E-state index in [1.54, 1.807) is 31.3 Å². The number of benzene rings is 2. The quantitative estimate of drug-likeness (QED) is 0.801. The van der Waals surface area contributed by atoms with Crippen molar-refractivity contribution in [2.24, 2.45) is 0 Å². The average molecular weight is 318 g/mol. The van der Waals surface area contributed by atoms with Gasteiger partial charge in [0.05, 0.1) is 11.6 Å². The lowest BCUT2D eigenvalue weighted by atomic mass is 9.97. The number of rotatable bonds is 3. The summed E-state index contributed by atoms with van der Waals surface area (Å²) in [5, 5.41) is 3.44. The van der Waals surface area contributed by atoms with Gasteiger partial charge in [0.1, 0.15) is 5.82 Å². The summed E-state index contributed by atoms with van der Waals surface area (Å²) in [6.07, 6.45) is -4.70. The largest absolute Gasteiger partial charge is 0.419 e. The van der Waals surface area contributed by atoms with E-state index in [1.807, 2.05) is 0 Å². The summed E-state index contributed by atoms with van der Waals surface area (Å²) in [6.45, 7) is 0. The maximum Gasteiger partial charge on any atom is 0.419 e. The maximum atomic E-state index is 13.7. The molecule has 112 valence electrons. The van der Waals surface area contributed by atoms with Gasteiger partial charge in [0.2, 0.25) is 0 Å². The molecule has 0 radical (unpaired) electrons. The molecule has 1 unspecified atom stereocenters. The number of hydrogen-bond acceptors (Lipinski definition) is 1. The van der Waals surface area contributed by atoms with Gasteiger partial charge in [-0.3, -0.25) is 0 Å². The van der Waals surface area contributed by atoms with E-state index in [4.69, 9.17) is 11.6 Å². The van der Waals surface area contributed by atoms with Crippen LogP contribution in [0.3, 0.4) is 0 Å². The zero-order valence-corrected chi connectivity index (χ0v) is 11.8. The van der Waals surface area contributed by atoms with E-state index >= 15 is 0 Å². The minimum Gasteiger partial charge on any atom is -0.309 e. The van der Waals surface area contributed by atoms with Crippen LogP contribution < -0.4 is 5.32 Å². The lowest BCUT2D eigenvalue weighted by molar-refractivity contribution is -0.140. The van der Waals surface area contributed by atoms with Gasteiger partial charge in [-0.2, -0.15) is 13.2 Å². The van der Waals surface area contributed by atoms with Crippen LogP contribution in [0.15, 0.2) is 42.5 Å². The molecule has 0 bridgehead atoms. The van der Waals surface area contributed by atoms with E-state index in [-0.39, 0.29) is 0 Å². The molecule has 0 aliphatic rings. The number of hydrogen-bond donors (Lipinski definition) is 1. The van der Waals surface area contributed by atoms with Crippen LogP contribution in [0.25, 0.3) is 0 Å². The van der Waals surface area contributed by atoms with Gasteiger partial charge in [0, 0.05) is 5.02 Å². The third-order valence-electron chi connectivity index (χ3n) is 3.10. The van der Waals surface area contributed by atoms with Crippen LogP contribution in [-0.4, -0.2) is 7.05 Å². The van der Waals surface area contributed by atoms with E-state index in [0.717, 1.165) is 17.7 Å². The second-order valence-corrected chi connectivity index (χ2v) is 4.95. The minimum atomic E-state index is -4.70. The first-order valence-corrected chi connectivity index (χ1v) is 6.50. The highest BCUT2D eigenvalue weighted by Gasteiger charge is 2.34. The molecular formula is C15H12ClF4N. The van der Waals surface area contributed by atoms with Crippen molar-refractivity contribution in [3.05, 3.63) is 70.0 Å². The molecular weight excluding hydrogens is 306 g/mol. The van der Waals surface area contributed by atoms with Crippen LogP contribution in [0.2, 0.25) is 5.02 Å². The Labute approximate surface area is 124 Å². The topological polar surface area (TPSA) is 12.0 Å². The summed E-state index contributed by atoms with van der Waals surface area (Å²) < 4.78 is 51.4. The number of alkyl halides is 3. The molecule has 2 rings (SSSR count). The van der Waals surface area contributed by atoms with Crippen molar-refractivity contribution in [1.82, 2.24) is 5.32 Å². The fourth-order valence-corrected chi connectivity index (χ4v) is 2.35. The predicted octanol–water partition coefficient (Wildman–Crippen LogP) is 4.81. The third kappa shape index (κ3) is 3.54. The number of halogens is 5. The molecule has 6 heteroatoms. The van der Waals surface area contributed by atoms with Crippen LogP contribution in [0.4, 0.5) is 17.6 Å². The first kappa shape index (κ1) is 15.8. The lowest BCUT2D eigenvalue weighted by Crippen LogP contribution is -2.18.